The van der Waals surface area contributed by atoms with Crippen LogP contribution in [0.2, 0.25) is 5.02 Å². The Labute approximate surface area is 185 Å². The average Bonchev–Trinajstić information content (AvgIpc) is 3.30. The minimum absolute atomic E-state index is 0.00148. The lowest BCUT2D eigenvalue weighted by molar-refractivity contribution is -0.121. The second-order valence-electron chi connectivity index (χ2n) is 7.61. The van der Waals surface area contributed by atoms with Crippen LogP contribution in [0.1, 0.15) is 43.9 Å². The molecule has 0 unspecified atom stereocenters. The Morgan fingerprint density at radius 1 is 1.13 bits per heavy atom. The van der Waals surface area contributed by atoms with Crippen molar-refractivity contribution in [1.82, 2.24) is 25.5 Å². The van der Waals surface area contributed by atoms with Crippen LogP contribution in [0.15, 0.2) is 47.3 Å². The van der Waals surface area contributed by atoms with Gasteiger partial charge in [-0.1, -0.05) is 11.6 Å². The van der Waals surface area contributed by atoms with Crippen molar-refractivity contribution in [3.8, 4) is 17.3 Å². The summed E-state index contributed by atoms with van der Waals surface area (Å²) in [5.41, 5.74) is 0.581. The highest BCUT2D eigenvalue weighted by atomic mass is 35.5. The number of halogens is 1. The number of ether oxygens (including phenoxy) is 1. The van der Waals surface area contributed by atoms with Gasteiger partial charge in [-0.05, 0) is 55.9 Å². The van der Waals surface area contributed by atoms with E-state index >= 15 is 0 Å². The van der Waals surface area contributed by atoms with Crippen molar-refractivity contribution >= 4 is 17.5 Å². The maximum absolute atomic E-state index is 12.1. The first-order valence-electron chi connectivity index (χ1n) is 10.4. The van der Waals surface area contributed by atoms with Crippen LogP contribution in [0.25, 0.3) is 11.6 Å². The van der Waals surface area contributed by atoms with Gasteiger partial charge in [-0.25, -0.2) is 4.98 Å². The molecule has 0 atom stereocenters. The topological polar surface area (TPSA) is 103 Å². The molecule has 1 aromatic carbocycles. The summed E-state index contributed by atoms with van der Waals surface area (Å²) in [7, 11) is 0. The van der Waals surface area contributed by atoms with Crippen molar-refractivity contribution in [1.29, 1.82) is 0 Å². The number of carbonyl (C=O) groups is 1. The smallest absolute Gasteiger partial charge is 0.267 e. The largest absolute Gasteiger partial charge is 0.493 e. The molecule has 9 heteroatoms. The van der Waals surface area contributed by atoms with E-state index in [1.165, 1.54) is 0 Å². The van der Waals surface area contributed by atoms with Crippen LogP contribution in [0.5, 0.6) is 5.75 Å². The summed E-state index contributed by atoms with van der Waals surface area (Å²) in [6.07, 6.45) is 9.08. The van der Waals surface area contributed by atoms with E-state index in [1.54, 1.807) is 42.9 Å². The summed E-state index contributed by atoms with van der Waals surface area (Å²) < 4.78 is 11.4. The van der Waals surface area contributed by atoms with Gasteiger partial charge in [0.25, 0.3) is 5.89 Å². The van der Waals surface area contributed by atoms with E-state index in [-0.39, 0.29) is 11.8 Å². The predicted octanol–water partition coefficient (Wildman–Crippen LogP) is 4.04. The van der Waals surface area contributed by atoms with Gasteiger partial charge >= 0.3 is 0 Å². The molecule has 1 fully saturated rings. The van der Waals surface area contributed by atoms with Crippen molar-refractivity contribution in [2.24, 2.45) is 5.92 Å². The minimum Gasteiger partial charge on any atom is -0.493 e. The number of hydrogen-bond donors (Lipinski definition) is 1. The van der Waals surface area contributed by atoms with Crippen molar-refractivity contribution < 1.29 is 13.9 Å². The lowest BCUT2D eigenvalue weighted by Gasteiger charge is -2.26. The van der Waals surface area contributed by atoms with E-state index in [9.17, 15) is 4.79 Å². The normalized spacial score (nSPS) is 18.5. The summed E-state index contributed by atoms with van der Waals surface area (Å²) >= 11 is 5.85. The van der Waals surface area contributed by atoms with Crippen LogP contribution in [-0.4, -0.2) is 39.2 Å². The molecule has 0 bridgehead atoms. The summed E-state index contributed by atoms with van der Waals surface area (Å²) in [5, 5.41) is 12.0. The minimum atomic E-state index is 0.00148. The molecule has 162 valence electrons. The monoisotopic (exact) mass is 441 g/mol. The number of hydrogen-bond acceptors (Lipinski definition) is 7. The number of rotatable bonds is 8. The van der Waals surface area contributed by atoms with Crippen molar-refractivity contribution in [3.05, 3.63) is 53.8 Å². The summed E-state index contributed by atoms with van der Waals surface area (Å²) in [6, 6.07) is 7.10. The molecule has 2 aromatic heterocycles. The Hall–Kier alpha value is -3.00. The highest BCUT2D eigenvalue weighted by Gasteiger charge is 2.27. The fourth-order valence-electron chi connectivity index (χ4n) is 3.67. The van der Waals surface area contributed by atoms with E-state index < -0.39 is 0 Å². The maximum atomic E-state index is 12.1. The molecule has 0 radical (unpaired) electrons. The van der Waals surface area contributed by atoms with E-state index in [0.717, 1.165) is 25.7 Å². The zero-order valence-electron chi connectivity index (χ0n) is 17.0. The van der Waals surface area contributed by atoms with Gasteiger partial charge in [-0.15, -0.1) is 10.2 Å². The molecule has 1 aliphatic carbocycles. The molecule has 1 aliphatic rings. The third kappa shape index (κ3) is 6.01. The summed E-state index contributed by atoms with van der Waals surface area (Å²) in [5.74, 6) is 2.47. The van der Waals surface area contributed by atoms with Crippen LogP contribution in [0.3, 0.4) is 0 Å². The van der Waals surface area contributed by atoms with E-state index in [4.69, 9.17) is 20.8 Å². The van der Waals surface area contributed by atoms with Gasteiger partial charge in [0.2, 0.25) is 11.8 Å². The van der Waals surface area contributed by atoms with Crippen molar-refractivity contribution in [3.63, 3.8) is 0 Å². The van der Waals surface area contributed by atoms with Gasteiger partial charge in [0.1, 0.15) is 11.4 Å². The molecule has 0 saturated heterocycles. The number of amides is 1. The zero-order valence-corrected chi connectivity index (χ0v) is 17.8. The molecule has 2 heterocycles. The number of aromatic nitrogens is 4. The van der Waals surface area contributed by atoms with Gasteiger partial charge in [-0.2, -0.15) is 0 Å². The fraction of sp³-hybridized carbons (Fsp3) is 0.409. The molecule has 0 aliphatic heterocycles. The Bertz CT molecular complexity index is 972. The molecular weight excluding hydrogens is 418 g/mol. The van der Waals surface area contributed by atoms with Crippen LogP contribution < -0.4 is 10.1 Å². The quantitative estimate of drug-likeness (QED) is 0.562. The van der Waals surface area contributed by atoms with Gasteiger partial charge in [0.05, 0.1) is 19.2 Å². The molecule has 3 aromatic rings. The SMILES string of the molecule is O=C(CCOc1ccc(Cl)cc1)NCC1CCC(c2nnc(-c3cnccn3)o2)CC1. The van der Waals surface area contributed by atoms with Crippen LogP contribution >= 0.6 is 11.6 Å². The first-order chi connectivity index (χ1) is 15.2. The van der Waals surface area contributed by atoms with Crippen LogP contribution in [0.4, 0.5) is 0 Å². The third-order valence-electron chi connectivity index (χ3n) is 5.42. The lowest BCUT2D eigenvalue weighted by atomic mass is 9.82. The van der Waals surface area contributed by atoms with E-state index in [1.807, 2.05) is 0 Å². The Morgan fingerprint density at radius 2 is 1.94 bits per heavy atom. The number of nitrogens with zero attached hydrogens (tertiary/aromatic N) is 4. The van der Waals surface area contributed by atoms with E-state index in [2.05, 4.69) is 25.5 Å². The van der Waals surface area contributed by atoms with Crippen molar-refractivity contribution in [2.75, 3.05) is 13.2 Å². The molecule has 31 heavy (non-hydrogen) atoms. The van der Waals surface area contributed by atoms with Gasteiger partial charge in [0.15, 0.2) is 0 Å². The lowest BCUT2D eigenvalue weighted by Crippen LogP contribution is -2.31. The number of carbonyl (C=O) groups excluding carboxylic acids is 1. The highest BCUT2D eigenvalue weighted by Crippen LogP contribution is 2.35. The van der Waals surface area contributed by atoms with Crippen molar-refractivity contribution in [2.45, 2.75) is 38.0 Å². The zero-order chi connectivity index (χ0) is 21.5. The van der Waals surface area contributed by atoms with Crippen LogP contribution in [-0.2, 0) is 4.79 Å². The second kappa shape index (κ2) is 10.3. The first kappa shape index (κ1) is 21.2. The maximum Gasteiger partial charge on any atom is 0.267 e. The third-order valence-corrected chi connectivity index (χ3v) is 5.67. The number of nitrogens with one attached hydrogen (secondary N) is 1. The Balaban J connectivity index is 1.15. The molecular formula is C22H24ClN5O3. The van der Waals surface area contributed by atoms with Gasteiger partial charge in [-0.3, -0.25) is 9.78 Å². The average molecular weight is 442 g/mol. The summed E-state index contributed by atoms with van der Waals surface area (Å²) in [4.78, 5) is 20.3. The summed E-state index contributed by atoms with van der Waals surface area (Å²) in [6.45, 7) is 1.02. The fourth-order valence-corrected chi connectivity index (χ4v) is 3.79. The predicted molar refractivity (Wildman–Crippen MR) is 115 cm³/mol. The second-order valence-corrected chi connectivity index (χ2v) is 8.05. The molecule has 1 N–H and O–H groups in total. The molecule has 1 amide bonds. The molecule has 4 rings (SSSR count). The van der Waals surface area contributed by atoms with Gasteiger partial charge in [0, 0.05) is 29.9 Å². The molecule has 1 saturated carbocycles. The Morgan fingerprint density at radius 3 is 2.68 bits per heavy atom. The highest BCUT2D eigenvalue weighted by molar-refractivity contribution is 6.30. The Kier molecular flexibility index (Phi) is 7.09. The van der Waals surface area contributed by atoms with Crippen LogP contribution in [0, 0.1) is 5.92 Å². The van der Waals surface area contributed by atoms with E-state index in [0.29, 0.717) is 53.7 Å². The molecule has 0 spiro atoms. The standard InChI is InChI=1S/C22H24ClN5O3/c23-17-5-7-18(8-6-17)30-12-9-20(29)26-13-15-1-3-16(4-2-15)21-27-28-22(31-21)19-14-24-10-11-25-19/h5-8,10-11,14-16H,1-4,9,12-13H2,(H,26,29). The van der Waals surface area contributed by atoms with Gasteiger partial charge < -0.3 is 14.5 Å². The first-order valence-corrected chi connectivity index (χ1v) is 10.8. The number of benzene rings is 1. The molecule has 8 nitrogen and oxygen atoms in total.